The molecule has 1 aromatic heterocycles. The van der Waals surface area contributed by atoms with Gasteiger partial charge in [-0.25, -0.2) is 9.18 Å². The van der Waals surface area contributed by atoms with Crippen molar-refractivity contribution in [1.82, 2.24) is 10.3 Å². The van der Waals surface area contributed by atoms with Crippen LogP contribution in [0.3, 0.4) is 0 Å². The van der Waals surface area contributed by atoms with E-state index in [2.05, 4.69) is 15.6 Å². The maximum atomic E-state index is 14.0. The minimum absolute atomic E-state index is 0.142. The number of benzene rings is 1. The van der Waals surface area contributed by atoms with Gasteiger partial charge in [0.25, 0.3) is 0 Å². The van der Waals surface area contributed by atoms with Gasteiger partial charge >= 0.3 is 6.09 Å². The number of rotatable bonds is 1. The van der Waals surface area contributed by atoms with Crippen LogP contribution in [0, 0.1) is 11.7 Å². The fraction of sp³-hybridized carbons (Fsp3) is 0.435. The van der Waals surface area contributed by atoms with E-state index in [1.807, 2.05) is 0 Å². The first-order valence-corrected chi connectivity index (χ1v) is 10.3. The summed E-state index contributed by atoms with van der Waals surface area (Å²) in [7, 11) is 0. The third-order valence-corrected chi connectivity index (χ3v) is 4.96. The quantitative estimate of drug-likeness (QED) is 0.631. The molecule has 3 rings (SSSR count). The summed E-state index contributed by atoms with van der Waals surface area (Å²) in [5.41, 5.74) is 1.39. The molecule has 0 radical (unpaired) electrons. The van der Waals surface area contributed by atoms with Crippen molar-refractivity contribution in [2.24, 2.45) is 5.92 Å². The maximum Gasteiger partial charge on any atom is 0.408 e. The highest BCUT2D eigenvalue weighted by molar-refractivity contribution is 5.96. The Morgan fingerprint density at radius 2 is 2.00 bits per heavy atom. The summed E-state index contributed by atoms with van der Waals surface area (Å²) in [5.74, 6) is -1.22. The number of halogens is 1. The lowest BCUT2D eigenvalue weighted by molar-refractivity contribution is -0.120. The number of fused-ring (bicyclic) bond motifs is 4. The maximum absolute atomic E-state index is 14.0. The molecule has 2 amide bonds. The number of hydrogen-bond donors (Lipinski definition) is 3. The molecule has 0 fully saturated rings. The van der Waals surface area contributed by atoms with Crippen molar-refractivity contribution in [3.63, 3.8) is 0 Å². The molecule has 2 heterocycles. The van der Waals surface area contributed by atoms with E-state index in [0.717, 1.165) is 0 Å². The summed E-state index contributed by atoms with van der Waals surface area (Å²) < 4.78 is 19.4. The van der Waals surface area contributed by atoms with E-state index in [9.17, 15) is 19.1 Å². The Morgan fingerprint density at radius 3 is 2.71 bits per heavy atom. The number of aliphatic hydroxyl groups excluding tert-OH is 1. The van der Waals surface area contributed by atoms with Crippen LogP contribution in [0.1, 0.15) is 52.3 Å². The zero-order chi connectivity index (χ0) is 22.8. The first-order valence-electron chi connectivity index (χ1n) is 10.3. The van der Waals surface area contributed by atoms with Crippen LogP contribution in [-0.2, 0) is 9.53 Å². The highest BCUT2D eigenvalue weighted by Gasteiger charge is 2.27. The lowest BCUT2D eigenvalue weighted by Crippen LogP contribution is -2.37. The molecule has 1 aliphatic heterocycles. The molecule has 3 unspecified atom stereocenters. The number of amides is 2. The first kappa shape index (κ1) is 22.7. The predicted molar refractivity (Wildman–Crippen MR) is 115 cm³/mol. The fourth-order valence-electron chi connectivity index (χ4n) is 3.51. The summed E-state index contributed by atoms with van der Waals surface area (Å²) >= 11 is 0. The van der Waals surface area contributed by atoms with E-state index in [0.29, 0.717) is 22.5 Å². The number of nitrogens with one attached hydrogen (secondary N) is 2. The van der Waals surface area contributed by atoms with Gasteiger partial charge in [-0.15, -0.1) is 0 Å². The third-order valence-electron chi connectivity index (χ3n) is 4.96. The zero-order valence-electron chi connectivity index (χ0n) is 18.1. The van der Waals surface area contributed by atoms with E-state index in [1.54, 1.807) is 46.0 Å². The smallest absolute Gasteiger partial charge is 0.408 e. The summed E-state index contributed by atoms with van der Waals surface area (Å²) in [6, 6.07) is 6.88. The van der Waals surface area contributed by atoms with E-state index < -0.39 is 35.6 Å². The molecular weight excluding hydrogens is 401 g/mol. The van der Waals surface area contributed by atoms with Gasteiger partial charge < -0.3 is 20.5 Å². The average Bonchev–Trinajstić information content (AvgIpc) is 2.66. The van der Waals surface area contributed by atoms with E-state index >= 15 is 0 Å². The number of aliphatic hydroxyl groups is 1. The van der Waals surface area contributed by atoms with Crippen LogP contribution < -0.4 is 10.6 Å². The van der Waals surface area contributed by atoms with Crippen LogP contribution >= 0.6 is 0 Å². The highest BCUT2D eigenvalue weighted by Crippen LogP contribution is 2.32. The monoisotopic (exact) mass is 429 g/mol. The Hall–Kier alpha value is -3.00. The van der Waals surface area contributed by atoms with Gasteiger partial charge in [0.15, 0.2) is 0 Å². The second-order valence-corrected chi connectivity index (χ2v) is 8.87. The lowest BCUT2D eigenvalue weighted by atomic mass is 9.94. The summed E-state index contributed by atoms with van der Waals surface area (Å²) in [4.78, 5) is 29.4. The Bertz CT molecular complexity index is 974. The Balaban J connectivity index is 2.05. The largest absolute Gasteiger partial charge is 0.444 e. The number of carbonyl (C=O) groups is 2. The van der Waals surface area contributed by atoms with Crippen LogP contribution in [0.25, 0.3) is 11.1 Å². The second kappa shape index (κ2) is 9.01. The van der Waals surface area contributed by atoms with Gasteiger partial charge in [0.1, 0.15) is 11.4 Å². The normalized spacial score (nSPS) is 21.7. The van der Waals surface area contributed by atoms with Gasteiger partial charge in [0, 0.05) is 23.4 Å². The average molecular weight is 429 g/mol. The van der Waals surface area contributed by atoms with Gasteiger partial charge in [-0.1, -0.05) is 6.92 Å². The minimum atomic E-state index is -0.863. The molecule has 0 spiro atoms. The molecule has 31 heavy (non-hydrogen) atoms. The molecule has 3 N–H and O–H groups in total. The molecule has 8 heteroatoms. The number of nitrogens with zero attached hydrogens (tertiary/aromatic N) is 1. The van der Waals surface area contributed by atoms with Gasteiger partial charge in [-0.05, 0) is 69.5 Å². The third kappa shape index (κ3) is 6.01. The fourth-order valence-corrected chi connectivity index (χ4v) is 3.51. The predicted octanol–water partition coefficient (Wildman–Crippen LogP) is 4.18. The number of pyridine rings is 1. The molecule has 2 aromatic rings. The molecule has 1 aliphatic rings. The van der Waals surface area contributed by atoms with Crippen molar-refractivity contribution in [3.8, 4) is 11.1 Å². The molecular formula is C23H28FN3O4. The van der Waals surface area contributed by atoms with Crippen molar-refractivity contribution < 1.29 is 23.8 Å². The second-order valence-electron chi connectivity index (χ2n) is 8.87. The minimum Gasteiger partial charge on any atom is -0.444 e. The molecule has 0 saturated carbocycles. The van der Waals surface area contributed by atoms with E-state index in [4.69, 9.17) is 4.74 Å². The Morgan fingerprint density at radius 1 is 1.26 bits per heavy atom. The van der Waals surface area contributed by atoms with Crippen molar-refractivity contribution in [2.75, 3.05) is 5.32 Å². The van der Waals surface area contributed by atoms with Crippen molar-refractivity contribution in [2.45, 2.75) is 58.3 Å². The zero-order valence-corrected chi connectivity index (χ0v) is 18.1. The first-order chi connectivity index (χ1) is 14.5. The van der Waals surface area contributed by atoms with Crippen LogP contribution in [0.5, 0.6) is 0 Å². The topological polar surface area (TPSA) is 101 Å². The highest BCUT2D eigenvalue weighted by atomic mass is 19.1. The standard InChI is InChI=1S/C23H28FN3O4/c1-13-9-16(28)12-20(27-22(30)31-23(2,3)4)19-10-14(7-8-25-19)17-11-15(24)5-6-18(17)26-21(13)29/h5-8,10-11,13,16,20,28H,9,12H2,1-4H3,(H,26,29)(H,27,30). The lowest BCUT2D eigenvalue weighted by Gasteiger charge is -2.26. The van der Waals surface area contributed by atoms with E-state index in [1.165, 1.54) is 18.2 Å². The van der Waals surface area contributed by atoms with Crippen molar-refractivity contribution in [3.05, 3.63) is 48.0 Å². The molecule has 1 aromatic carbocycles. The summed E-state index contributed by atoms with van der Waals surface area (Å²) in [5, 5.41) is 16.2. The molecule has 166 valence electrons. The van der Waals surface area contributed by atoms with Crippen molar-refractivity contribution >= 4 is 17.7 Å². The van der Waals surface area contributed by atoms with Gasteiger partial charge in [-0.2, -0.15) is 0 Å². The van der Waals surface area contributed by atoms with Crippen LogP contribution in [0.4, 0.5) is 14.9 Å². The Kier molecular flexibility index (Phi) is 6.59. The summed E-state index contributed by atoms with van der Waals surface area (Å²) in [6.45, 7) is 6.98. The molecule has 0 aliphatic carbocycles. The van der Waals surface area contributed by atoms with Crippen LogP contribution in [0.2, 0.25) is 0 Å². The number of alkyl carbamates (subject to hydrolysis) is 1. The Labute approximate surface area is 181 Å². The molecule has 7 nitrogen and oxygen atoms in total. The van der Waals surface area contributed by atoms with Crippen LogP contribution in [-0.4, -0.2) is 33.8 Å². The SMILES string of the molecule is CC1CC(O)CC(NC(=O)OC(C)(C)C)c2cc(ccn2)-c2cc(F)ccc2NC1=O. The number of carbonyl (C=O) groups excluding carboxylic acids is 2. The van der Waals surface area contributed by atoms with Gasteiger partial charge in [0.05, 0.1) is 17.8 Å². The number of ether oxygens (including phenoxy) is 1. The number of aromatic nitrogens is 1. The van der Waals surface area contributed by atoms with Crippen LogP contribution in [0.15, 0.2) is 36.5 Å². The van der Waals surface area contributed by atoms with Gasteiger partial charge in [-0.3, -0.25) is 9.78 Å². The number of hydrogen-bond acceptors (Lipinski definition) is 5. The van der Waals surface area contributed by atoms with Crippen molar-refractivity contribution in [1.29, 1.82) is 0 Å². The van der Waals surface area contributed by atoms with E-state index in [-0.39, 0.29) is 18.7 Å². The molecule has 3 atom stereocenters. The summed E-state index contributed by atoms with van der Waals surface area (Å²) in [6.07, 6.45) is 0.378. The molecule has 0 saturated heterocycles. The number of anilines is 1. The molecule has 2 bridgehead atoms. The van der Waals surface area contributed by atoms with Gasteiger partial charge in [0.2, 0.25) is 5.91 Å².